The number of hydrogen-bond donors (Lipinski definition) is 1. The van der Waals surface area contributed by atoms with Gasteiger partial charge in [0.15, 0.2) is 0 Å². The zero-order chi connectivity index (χ0) is 18.1. The first-order valence-electron chi connectivity index (χ1n) is 8.40. The van der Waals surface area contributed by atoms with E-state index in [1.807, 2.05) is 36.4 Å². The summed E-state index contributed by atoms with van der Waals surface area (Å²) >= 11 is 5.29. The second kappa shape index (κ2) is 9.69. The Balaban J connectivity index is 2.14. The molecule has 0 aliphatic carbocycles. The van der Waals surface area contributed by atoms with Crippen LogP contribution in [0.3, 0.4) is 0 Å². The number of benzene rings is 2. The maximum Gasteiger partial charge on any atom is 0.257 e. The first-order chi connectivity index (χ1) is 12.1. The minimum absolute atomic E-state index is 0.187. The van der Waals surface area contributed by atoms with Crippen molar-refractivity contribution in [1.29, 1.82) is 0 Å². The molecule has 0 aliphatic heterocycles. The molecule has 2 aromatic carbocycles. The van der Waals surface area contributed by atoms with E-state index in [-0.39, 0.29) is 11.0 Å². The highest BCUT2D eigenvalue weighted by Gasteiger charge is 2.12. The van der Waals surface area contributed by atoms with E-state index in [2.05, 4.69) is 41.2 Å². The molecule has 0 heterocycles. The summed E-state index contributed by atoms with van der Waals surface area (Å²) in [4.78, 5) is 18.9. The van der Waals surface area contributed by atoms with Crippen LogP contribution in [0, 0.1) is 0 Å². The average Bonchev–Trinajstić information content (AvgIpc) is 2.64. The Kier molecular flexibility index (Phi) is 7.29. The Bertz CT molecular complexity index is 725. The fraction of sp³-hybridized carbons (Fsp3) is 0.250. The molecule has 0 atom stereocenters. The maximum absolute atomic E-state index is 12.2. The Labute approximate surface area is 154 Å². The van der Waals surface area contributed by atoms with Crippen molar-refractivity contribution in [2.24, 2.45) is 4.99 Å². The van der Waals surface area contributed by atoms with Crippen molar-refractivity contribution in [2.75, 3.05) is 13.1 Å². The van der Waals surface area contributed by atoms with Gasteiger partial charge in [0, 0.05) is 25.1 Å². The summed E-state index contributed by atoms with van der Waals surface area (Å²) in [6.07, 6.45) is 0.671. The average molecular weight is 353 g/mol. The molecule has 0 saturated heterocycles. The van der Waals surface area contributed by atoms with Crippen LogP contribution in [-0.4, -0.2) is 34.8 Å². The second-order valence-electron chi connectivity index (χ2n) is 5.49. The van der Waals surface area contributed by atoms with Gasteiger partial charge in [-0.05, 0) is 43.8 Å². The van der Waals surface area contributed by atoms with Crippen LogP contribution < -0.4 is 5.32 Å². The van der Waals surface area contributed by atoms with Gasteiger partial charge in [0.2, 0.25) is 5.11 Å². The molecule has 0 aliphatic rings. The molecular weight excluding hydrogens is 330 g/mol. The Morgan fingerprint density at radius 1 is 1.00 bits per heavy atom. The zero-order valence-electron chi connectivity index (χ0n) is 14.6. The van der Waals surface area contributed by atoms with Gasteiger partial charge >= 0.3 is 0 Å². The normalized spacial score (nSPS) is 11.0. The molecule has 0 radical (unpaired) electrons. The van der Waals surface area contributed by atoms with Gasteiger partial charge in [0.1, 0.15) is 5.84 Å². The molecule has 1 N–H and O–H groups in total. The lowest BCUT2D eigenvalue weighted by Crippen LogP contribution is -2.35. The predicted octanol–water partition coefficient (Wildman–Crippen LogP) is 3.68. The Morgan fingerprint density at radius 2 is 1.56 bits per heavy atom. The standard InChI is InChI=1S/C20H23N3OS/c1-3-23(4-2)18(15-16-11-7-5-8-12-16)21-20(25)22-19(24)17-13-9-6-10-14-17/h5-14H,3-4,15H2,1-2H3,(H,22,24,25)/b21-18+. The number of nitrogens with zero attached hydrogens (tertiary/aromatic N) is 2. The summed E-state index contributed by atoms with van der Waals surface area (Å²) in [6, 6.07) is 19.1. The van der Waals surface area contributed by atoms with Crippen molar-refractivity contribution in [1.82, 2.24) is 10.2 Å². The van der Waals surface area contributed by atoms with E-state index >= 15 is 0 Å². The van der Waals surface area contributed by atoms with Gasteiger partial charge in [0.25, 0.3) is 5.91 Å². The van der Waals surface area contributed by atoms with E-state index in [9.17, 15) is 4.79 Å². The van der Waals surface area contributed by atoms with Crippen molar-refractivity contribution >= 4 is 29.1 Å². The van der Waals surface area contributed by atoms with E-state index in [1.165, 1.54) is 0 Å². The molecule has 0 spiro atoms. The summed E-state index contributed by atoms with van der Waals surface area (Å²) in [5.41, 5.74) is 1.72. The number of thiocarbonyl (C=S) groups is 1. The van der Waals surface area contributed by atoms with Crippen LogP contribution in [0.5, 0.6) is 0 Å². The van der Waals surface area contributed by atoms with E-state index in [0.717, 1.165) is 24.5 Å². The van der Waals surface area contributed by atoms with Crippen molar-refractivity contribution in [3.8, 4) is 0 Å². The third-order valence-corrected chi connectivity index (χ3v) is 4.01. The topological polar surface area (TPSA) is 44.7 Å². The number of hydrogen-bond acceptors (Lipinski definition) is 2. The van der Waals surface area contributed by atoms with Crippen LogP contribution in [0.15, 0.2) is 65.7 Å². The van der Waals surface area contributed by atoms with Gasteiger partial charge in [0.05, 0.1) is 0 Å². The van der Waals surface area contributed by atoms with E-state index < -0.39 is 0 Å². The Hall–Kier alpha value is -2.53. The molecule has 5 heteroatoms. The predicted molar refractivity (Wildman–Crippen MR) is 107 cm³/mol. The fourth-order valence-electron chi connectivity index (χ4n) is 2.49. The van der Waals surface area contributed by atoms with Crippen molar-refractivity contribution in [3.63, 3.8) is 0 Å². The molecule has 2 aromatic rings. The van der Waals surface area contributed by atoms with Crippen molar-refractivity contribution in [3.05, 3.63) is 71.8 Å². The van der Waals surface area contributed by atoms with Crippen molar-refractivity contribution < 1.29 is 4.79 Å². The lowest BCUT2D eigenvalue weighted by molar-refractivity contribution is 0.0977. The second-order valence-corrected chi connectivity index (χ2v) is 5.87. The number of carbonyl (C=O) groups excluding carboxylic acids is 1. The SMILES string of the molecule is CCN(CC)/C(Cc1ccccc1)=N/C(=S)NC(=O)c1ccccc1. The highest BCUT2D eigenvalue weighted by Crippen LogP contribution is 2.06. The number of amides is 1. The van der Waals surface area contributed by atoms with Crippen LogP contribution in [0.4, 0.5) is 0 Å². The molecule has 0 saturated carbocycles. The van der Waals surface area contributed by atoms with Crippen LogP contribution in [-0.2, 0) is 6.42 Å². The van der Waals surface area contributed by atoms with Gasteiger partial charge in [-0.1, -0.05) is 48.5 Å². The van der Waals surface area contributed by atoms with Gasteiger partial charge in [-0.2, -0.15) is 0 Å². The van der Waals surface area contributed by atoms with Crippen LogP contribution in [0.25, 0.3) is 0 Å². The van der Waals surface area contributed by atoms with E-state index in [0.29, 0.717) is 12.0 Å². The third kappa shape index (κ3) is 5.80. The number of rotatable bonds is 5. The number of aliphatic imine (C=N–C) groups is 1. The molecule has 0 bridgehead atoms. The summed E-state index contributed by atoms with van der Waals surface area (Å²) in [7, 11) is 0. The first kappa shape index (κ1) is 18.8. The summed E-state index contributed by atoms with van der Waals surface area (Å²) < 4.78 is 0. The highest BCUT2D eigenvalue weighted by atomic mass is 32.1. The lowest BCUT2D eigenvalue weighted by Gasteiger charge is -2.23. The van der Waals surface area contributed by atoms with Crippen LogP contribution in [0.2, 0.25) is 0 Å². The minimum Gasteiger partial charge on any atom is -0.360 e. The molecule has 25 heavy (non-hydrogen) atoms. The quantitative estimate of drug-likeness (QED) is 0.507. The van der Waals surface area contributed by atoms with Crippen molar-refractivity contribution in [2.45, 2.75) is 20.3 Å². The summed E-state index contributed by atoms with van der Waals surface area (Å²) in [5, 5.41) is 2.88. The molecule has 4 nitrogen and oxygen atoms in total. The molecular formula is C20H23N3OS. The largest absolute Gasteiger partial charge is 0.360 e. The molecule has 0 aromatic heterocycles. The third-order valence-electron chi connectivity index (χ3n) is 3.82. The van der Waals surface area contributed by atoms with Crippen LogP contribution in [0.1, 0.15) is 29.8 Å². The zero-order valence-corrected chi connectivity index (χ0v) is 15.4. The monoisotopic (exact) mass is 353 g/mol. The molecule has 130 valence electrons. The van der Waals surface area contributed by atoms with Gasteiger partial charge < -0.3 is 4.90 Å². The van der Waals surface area contributed by atoms with E-state index in [4.69, 9.17) is 12.2 Å². The maximum atomic E-state index is 12.2. The highest BCUT2D eigenvalue weighted by molar-refractivity contribution is 7.80. The molecule has 0 unspecified atom stereocenters. The number of nitrogens with one attached hydrogen (secondary N) is 1. The first-order valence-corrected chi connectivity index (χ1v) is 8.81. The number of amidine groups is 1. The molecule has 2 rings (SSSR count). The van der Waals surface area contributed by atoms with Gasteiger partial charge in [-0.15, -0.1) is 0 Å². The van der Waals surface area contributed by atoms with E-state index in [1.54, 1.807) is 12.1 Å². The minimum atomic E-state index is -0.243. The smallest absolute Gasteiger partial charge is 0.257 e. The number of likely N-dealkylation sites (N-methyl/N-ethyl adjacent to an activating group) is 1. The summed E-state index contributed by atoms with van der Waals surface area (Å²) in [6.45, 7) is 5.82. The molecule has 0 fully saturated rings. The van der Waals surface area contributed by atoms with Crippen LogP contribution >= 0.6 is 12.2 Å². The fourth-order valence-corrected chi connectivity index (χ4v) is 2.69. The van der Waals surface area contributed by atoms with Gasteiger partial charge in [-0.3, -0.25) is 10.1 Å². The number of carbonyl (C=O) groups is 1. The molecule has 1 amide bonds. The lowest BCUT2D eigenvalue weighted by atomic mass is 10.1. The summed E-state index contributed by atoms with van der Waals surface area (Å²) in [5.74, 6) is 0.613. The Morgan fingerprint density at radius 3 is 2.12 bits per heavy atom. The van der Waals surface area contributed by atoms with Gasteiger partial charge in [-0.25, -0.2) is 4.99 Å².